The number of carbonyl (C=O) groups excluding carboxylic acids is 5. The van der Waals surface area contributed by atoms with Crippen molar-refractivity contribution in [3.8, 4) is 5.75 Å². The summed E-state index contributed by atoms with van der Waals surface area (Å²) in [6.45, 7) is -0.661. The van der Waals surface area contributed by atoms with Gasteiger partial charge in [0.05, 0.1) is 23.0 Å². The third-order valence-electron chi connectivity index (χ3n) is 6.69. The van der Waals surface area contributed by atoms with E-state index in [-0.39, 0.29) is 28.3 Å². The molecule has 12 heteroatoms. The molecule has 3 aromatic rings. The Hall–Kier alpha value is -5.39. The number of amides is 3. The number of esters is 1. The topological polar surface area (TPSA) is 157 Å². The van der Waals surface area contributed by atoms with Crippen LogP contribution in [-0.2, 0) is 9.59 Å². The molecule has 12 nitrogen and oxygen atoms in total. The Morgan fingerprint density at radius 2 is 1.52 bits per heavy atom. The van der Waals surface area contributed by atoms with Crippen LogP contribution in [0, 0.1) is 22.0 Å². The molecular formula is C28H21N3O9. The lowest BCUT2D eigenvalue weighted by Crippen LogP contribution is -2.52. The predicted octanol–water partition coefficient (Wildman–Crippen LogP) is 3.60. The zero-order valence-corrected chi connectivity index (χ0v) is 20.8. The summed E-state index contributed by atoms with van der Waals surface area (Å²) >= 11 is 0. The Bertz CT molecular complexity index is 1500. The van der Waals surface area contributed by atoms with E-state index in [0.717, 1.165) is 22.2 Å². The molecule has 1 aliphatic heterocycles. The van der Waals surface area contributed by atoms with Gasteiger partial charge < -0.3 is 9.15 Å². The smallest absolute Gasteiger partial charge is 0.379 e. The summed E-state index contributed by atoms with van der Waals surface area (Å²) in [6.07, 6.45) is 5.58. The Balaban J connectivity index is 1.39. The summed E-state index contributed by atoms with van der Waals surface area (Å²) in [6, 6.07) is 13.1. The number of furan rings is 1. The molecule has 2 heterocycles. The molecular weight excluding hydrogens is 522 g/mol. The van der Waals surface area contributed by atoms with Crippen molar-refractivity contribution in [3.05, 3.63) is 106 Å². The van der Waals surface area contributed by atoms with Crippen molar-refractivity contribution in [3.63, 3.8) is 0 Å². The van der Waals surface area contributed by atoms with Crippen LogP contribution < -0.4 is 4.74 Å². The van der Waals surface area contributed by atoms with Gasteiger partial charge in [-0.15, -0.1) is 0 Å². The van der Waals surface area contributed by atoms with E-state index in [1.54, 1.807) is 12.2 Å². The number of Topliss-reactive ketones (excluding diaryl/α,β-unsaturated/α-hetero) is 1. The summed E-state index contributed by atoms with van der Waals surface area (Å²) in [5.74, 6) is -4.54. The highest BCUT2D eigenvalue weighted by Gasteiger charge is 2.51. The molecule has 40 heavy (non-hydrogen) atoms. The second kappa shape index (κ2) is 10.8. The summed E-state index contributed by atoms with van der Waals surface area (Å²) in [4.78, 5) is 75.8. The third kappa shape index (κ3) is 5.01. The molecule has 2 aromatic carbocycles. The molecule has 0 spiro atoms. The maximum Gasteiger partial charge on any atom is 0.379 e. The number of hydrogen-bond acceptors (Lipinski definition) is 9. The number of fused-ring (bicyclic) bond motifs is 1. The fraction of sp³-hybridized carbons (Fsp3) is 0.179. The minimum atomic E-state index is -0.847. The lowest BCUT2D eigenvalue weighted by Gasteiger charge is -2.30. The first-order chi connectivity index (χ1) is 19.2. The van der Waals surface area contributed by atoms with Gasteiger partial charge in [0, 0.05) is 23.3 Å². The fourth-order valence-corrected chi connectivity index (χ4v) is 4.62. The largest absolute Gasteiger partial charge is 0.457 e. The molecule has 0 unspecified atom stereocenters. The molecule has 2 atom stereocenters. The third-order valence-corrected chi connectivity index (χ3v) is 6.69. The molecule has 1 aromatic heterocycles. The van der Waals surface area contributed by atoms with Crippen LogP contribution >= 0.6 is 0 Å². The maximum absolute atomic E-state index is 13.5. The first-order valence-electron chi connectivity index (χ1n) is 12.2. The number of imide groups is 1. The van der Waals surface area contributed by atoms with Crippen LogP contribution in [0.15, 0.2) is 83.5 Å². The Kier molecular flexibility index (Phi) is 7.06. The van der Waals surface area contributed by atoms with Crippen molar-refractivity contribution < 1.29 is 38.1 Å². The molecule has 0 bridgehead atoms. The van der Waals surface area contributed by atoms with Crippen LogP contribution in [0.5, 0.6) is 5.75 Å². The molecule has 1 saturated heterocycles. The SMILES string of the molecule is O=C(CN(C(=O)c1ccc([N+](=O)[O-])cc1)N1C(=O)[C@H]2CC=CC[C@H]2C1=O)c1ccc(OC(=O)c2ccco2)cc1. The summed E-state index contributed by atoms with van der Waals surface area (Å²) in [7, 11) is 0. The normalized spacial score (nSPS) is 17.9. The highest BCUT2D eigenvalue weighted by Crippen LogP contribution is 2.36. The highest BCUT2D eigenvalue weighted by molar-refractivity contribution is 6.09. The number of ether oxygens (including phenoxy) is 1. The number of hydrogen-bond donors (Lipinski definition) is 0. The monoisotopic (exact) mass is 543 g/mol. The quantitative estimate of drug-likeness (QED) is 0.0787. The van der Waals surface area contributed by atoms with Crippen LogP contribution in [0.25, 0.3) is 0 Å². The van der Waals surface area contributed by atoms with Gasteiger partial charge >= 0.3 is 5.97 Å². The number of benzene rings is 2. The molecule has 2 aliphatic rings. The summed E-state index contributed by atoms with van der Waals surface area (Å²) < 4.78 is 10.2. The van der Waals surface area contributed by atoms with Crippen LogP contribution in [0.2, 0.25) is 0 Å². The number of non-ortho nitro benzene ring substituents is 1. The van der Waals surface area contributed by atoms with Crippen LogP contribution in [0.1, 0.15) is 44.1 Å². The lowest BCUT2D eigenvalue weighted by molar-refractivity contribution is -0.384. The maximum atomic E-state index is 13.5. The number of nitro benzene ring substituents is 1. The van der Waals surface area contributed by atoms with Gasteiger partial charge in [0.15, 0.2) is 5.78 Å². The number of carbonyl (C=O) groups is 5. The van der Waals surface area contributed by atoms with E-state index < -0.39 is 52.8 Å². The van der Waals surface area contributed by atoms with E-state index in [1.165, 1.54) is 54.8 Å². The number of hydrazine groups is 1. The molecule has 0 radical (unpaired) electrons. The van der Waals surface area contributed by atoms with Gasteiger partial charge in [-0.05, 0) is 61.4 Å². The number of nitrogens with zero attached hydrogens (tertiary/aromatic N) is 3. The van der Waals surface area contributed by atoms with E-state index in [9.17, 15) is 34.1 Å². The van der Waals surface area contributed by atoms with Crippen LogP contribution in [0.3, 0.4) is 0 Å². The van der Waals surface area contributed by atoms with Gasteiger partial charge in [-0.2, -0.15) is 5.01 Å². The molecule has 5 rings (SSSR count). The van der Waals surface area contributed by atoms with E-state index >= 15 is 0 Å². The first kappa shape index (κ1) is 26.2. The van der Waals surface area contributed by atoms with E-state index in [2.05, 4.69) is 0 Å². The Labute approximate surface area is 226 Å². The van der Waals surface area contributed by atoms with E-state index in [1.807, 2.05) is 0 Å². The predicted molar refractivity (Wildman–Crippen MR) is 136 cm³/mol. The standard InChI is InChI=1S/C28H21N3O9/c32-23(17-9-13-20(14-10-17)40-28(36)24-6-3-15-39-24)16-29(25(33)18-7-11-19(12-8-18)31(37)38)30-26(34)21-4-1-2-5-22(21)27(30)35/h1-3,6-15,21-22H,4-5,16H2/t21-,22+. The van der Waals surface area contributed by atoms with Crippen molar-refractivity contribution in [2.75, 3.05) is 6.54 Å². The molecule has 1 fully saturated rings. The second-order valence-corrected chi connectivity index (χ2v) is 9.13. The van der Waals surface area contributed by atoms with Gasteiger partial charge in [0.2, 0.25) is 5.76 Å². The van der Waals surface area contributed by atoms with Crippen molar-refractivity contribution in [2.45, 2.75) is 12.8 Å². The van der Waals surface area contributed by atoms with Gasteiger partial charge in [-0.25, -0.2) is 9.80 Å². The molecule has 0 N–H and O–H groups in total. The molecule has 3 amide bonds. The number of allylic oxidation sites excluding steroid dienone is 2. The molecule has 1 aliphatic carbocycles. The zero-order chi connectivity index (χ0) is 28.4. The van der Waals surface area contributed by atoms with Crippen molar-refractivity contribution in [1.29, 1.82) is 0 Å². The van der Waals surface area contributed by atoms with Gasteiger partial charge in [-0.3, -0.25) is 29.3 Å². The van der Waals surface area contributed by atoms with Crippen LogP contribution in [-0.4, -0.2) is 51.0 Å². The van der Waals surface area contributed by atoms with E-state index in [4.69, 9.17) is 9.15 Å². The first-order valence-corrected chi connectivity index (χ1v) is 12.2. The average Bonchev–Trinajstić information content (AvgIpc) is 3.59. The molecule has 0 saturated carbocycles. The number of rotatable bonds is 8. The van der Waals surface area contributed by atoms with Gasteiger partial charge in [-0.1, -0.05) is 12.2 Å². The number of nitro groups is 1. The molecule has 202 valence electrons. The summed E-state index contributed by atoms with van der Waals surface area (Å²) in [5.41, 5.74) is -0.179. The van der Waals surface area contributed by atoms with Gasteiger partial charge in [0.25, 0.3) is 23.4 Å². The van der Waals surface area contributed by atoms with Crippen molar-refractivity contribution in [2.24, 2.45) is 11.8 Å². The average molecular weight is 543 g/mol. The van der Waals surface area contributed by atoms with Crippen molar-refractivity contribution >= 4 is 35.2 Å². The fourth-order valence-electron chi connectivity index (χ4n) is 4.62. The second-order valence-electron chi connectivity index (χ2n) is 9.13. The minimum Gasteiger partial charge on any atom is -0.457 e. The lowest BCUT2D eigenvalue weighted by atomic mass is 9.85. The Morgan fingerprint density at radius 1 is 0.925 bits per heavy atom. The van der Waals surface area contributed by atoms with Gasteiger partial charge in [0.1, 0.15) is 12.3 Å². The Morgan fingerprint density at radius 3 is 2.08 bits per heavy atom. The van der Waals surface area contributed by atoms with Crippen LogP contribution in [0.4, 0.5) is 5.69 Å². The minimum absolute atomic E-state index is 0.00346. The summed E-state index contributed by atoms with van der Waals surface area (Å²) in [5, 5.41) is 12.5. The zero-order valence-electron chi connectivity index (χ0n) is 20.8. The highest BCUT2D eigenvalue weighted by atomic mass is 16.6. The van der Waals surface area contributed by atoms with Crippen molar-refractivity contribution in [1.82, 2.24) is 10.0 Å². The number of ketones is 1. The van der Waals surface area contributed by atoms with E-state index in [0.29, 0.717) is 12.8 Å².